The van der Waals surface area contributed by atoms with Gasteiger partial charge in [0.25, 0.3) is 0 Å². The summed E-state index contributed by atoms with van der Waals surface area (Å²) in [7, 11) is 0. The molecule has 1 amide bonds. The Morgan fingerprint density at radius 3 is 3.00 bits per heavy atom. The summed E-state index contributed by atoms with van der Waals surface area (Å²) >= 11 is 0. The lowest BCUT2D eigenvalue weighted by atomic mass is 9.97. The van der Waals surface area contributed by atoms with E-state index in [2.05, 4.69) is 22.8 Å². The van der Waals surface area contributed by atoms with Crippen molar-refractivity contribution in [3.05, 3.63) is 65.0 Å². The van der Waals surface area contributed by atoms with Crippen molar-refractivity contribution in [3.8, 4) is 0 Å². The standard InChI is InChI=1S/C20H23FN2O2/c1-14-6-7-17(21)18(12-14)23-20(24)8-10-22-13-19-16-5-3-2-4-15(16)9-11-25-19/h2-7,12,19,22H,8-11,13H2,1H3,(H,23,24)/t19-/m0/s1. The van der Waals surface area contributed by atoms with Crippen molar-refractivity contribution >= 4 is 11.6 Å². The Balaban J connectivity index is 1.44. The van der Waals surface area contributed by atoms with Crippen LogP contribution in [0.3, 0.4) is 0 Å². The van der Waals surface area contributed by atoms with Crippen molar-refractivity contribution < 1.29 is 13.9 Å². The second-order valence-electron chi connectivity index (χ2n) is 6.29. The van der Waals surface area contributed by atoms with Crippen LogP contribution in [-0.2, 0) is 16.0 Å². The number of hydrogen-bond donors (Lipinski definition) is 2. The van der Waals surface area contributed by atoms with Crippen LogP contribution in [0.15, 0.2) is 42.5 Å². The smallest absolute Gasteiger partial charge is 0.225 e. The molecule has 1 aliphatic rings. The summed E-state index contributed by atoms with van der Waals surface area (Å²) in [6.45, 7) is 3.75. The van der Waals surface area contributed by atoms with Gasteiger partial charge in [0.1, 0.15) is 5.82 Å². The maximum absolute atomic E-state index is 13.7. The van der Waals surface area contributed by atoms with Crippen molar-refractivity contribution in [1.82, 2.24) is 5.32 Å². The number of rotatable bonds is 6. The number of benzene rings is 2. The molecule has 0 bridgehead atoms. The molecule has 0 fully saturated rings. The van der Waals surface area contributed by atoms with Gasteiger partial charge >= 0.3 is 0 Å². The Morgan fingerprint density at radius 1 is 1.28 bits per heavy atom. The number of anilines is 1. The van der Waals surface area contributed by atoms with E-state index in [9.17, 15) is 9.18 Å². The highest BCUT2D eigenvalue weighted by molar-refractivity contribution is 5.91. The van der Waals surface area contributed by atoms with Gasteiger partial charge < -0.3 is 15.4 Å². The predicted molar refractivity (Wildman–Crippen MR) is 96.1 cm³/mol. The number of carbonyl (C=O) groups excluding carboxylic acids is 1. The Bertz CT molecular complexity index is 748. The molecule has 5 heteroatoms. The quantitative estimate of drug-likeness (QED) is 0.792. The van der Waals surface area contributed by atoms with Crippen molar-refractivity contribution in [2.24, 2.45) is 0 Å². The van der Waals surface area contributed by atoms with E-state index in [1.165, 1.54) is 17.2 Å². The Morgan fingerprint density at radius 2 is 2.12 bits per heavy atom. The maximum atomic E-state index is 13.7. The van der Waals surface area contributed by atoms with E-state index < -0.39 is 5.82 Å². The monoisotopic (exact) mass is 342 g/mol. The molecule has 2 aromatic rings. The number of ether oxygens (including phenoxy) is 1. The van der Waals surface area contributed by atoms with E-state index >= 15 is 0 Å². The number of hydrogen-bond acceptors (Lipinski definition) is 3. The van der Waals surface area contributed by atoms with Crippen molar-refractivity contribution in [1.29, 1.82) is 0 Å². The molecular weight excluding hydrogens is 319 g/mol. The molecule has 1 aliphatic heterocycles. The van der Waals surface area contributed by atoms with Crippen molar-refractivity contribution in [3.63, 3.8) is 0 Å². The average Bonchev–Trinajstić information content (AvgIpc) is 2.62. The Hall–Kier alpha value is -2.24. The molecule has 0 unspecified atom stereocenters. The number of fused-ring (bicyclic) bond motifs is 1. The van der Waals surface area contributed by atoms with Gasteiger partial charge in [-0.1, -0.05) is 30.3 Å². The van der Waals surface area contributed by atoms with E-state index in [4.69, 9.17) is 4.74 Å². The Kier molecular flexibility index (Phi) is 5.79. The molecule has 4 nitrogen and oxygen atoms in total. The third-order valence-electron chi connectivity index (χ3n) is 4.35. The summed E-state index contributed by atoms with van der Waals surface area (Å²) < 4.78 is 19.5. The van der Waals surface area contributed by atoms with Crippen LogP contribution in [0.1, 0.15) is 29.2 Å². The van der Waals surface area contributed by atoms with Crippen LogP contribution in [0, 0.1) is 12.7 Å². The SMILES string of the molecule is Cc1ccc(F)c(NC(=O)CCNC[C@@H]2OCCc3ccccc32)c1. The van der Waals surface area contributed by atoms with E-state index in [0.717, 1.165) is 18.6 Å². The number of halogens is 1. The molecule has 2 aromatic carbocycles. The predicted octanol–water partition coefficient (Wildman–Crippen LogP) is 3.37. The maximum Gasteiger partial charge on any atom is 0.225 e. The number of carbonyl (C=O) groups is 1. The molecule has 0 aliphatic carbocycles. The first-order valence-electron chi connectivity index (χ1n) is 8.59. The highest BCUT2D eigenvalue weighted by Gasteiger charge is 2.19. The van der Waals surface area contributed by atoms with Crippen LogP contribution in [0.5, 0.6) is 0 Å². The van der Waals surface area contributed by atoms with Gasteiger partial charge in [-0.2, -0.15) is 0 Å². The van der Waals surface area contributed by atoms with Crippen LogP contribution >= 0.6 is 0 Å². The molecule has 0 saturated carbocycles. The number of amides is 1. The molecule has 0 aromatic heterocycles. The molecule has 0 radical (unpaired) electrons. The second-order valence-corrected chi connectivity index (χ2v) is 6.29. The summed E-state index contributed by atoms with van der Waals surface area (Å²) in [6, 6.07) is 13.0. The highest BCUT2D eigenvalue weighted by atomic mass is 19.1. The molecule has 1 heterocycles. The van der Waals surface area contributed by atoms with E-state index in [-0.39, 0.29) is 24.1 Å². The molecule has 25 heavy (non-hydrogen) atoms. The lowest BCUT2D eigenvalue weighted by molar-refractivity contribution is -0.116. The van der Waals surface area contributed by atoms with Crippen molar-refractivity contribution in [2.75, 3.05) is 25.0 Å². The van der Waals surface area contributed by atoms with E-state index in [1.54, 1.807) is 12.1 Å². The van der Waals surface area contributed by atoms with Gasteiger partial charge in [0.05, 0.1) is 18.4 Å². The minimum Gasteiger partial charge on any atom is -0.372 e. The van der Waals surface area contributed by atoms with Crippen LogP contribution in [0.2, 0.25) is 0 Å². The van der Waals surface area contributed by atoms with E-state index in [0.29, 0.717) is 13.1 Å². The van der Waals surface area contributed by atoms with Gasteiger partial charge in [0.2, 0.25) is 5.91 Å². The van der Waals surface area contributed by atoms with Gasteiger partial charge in [0.15, 0.2) is 0 Å². The molecule has 1 atom stereocenters. The Labute approximate surface area is 147 Å². The third kappa shape index (κ3) is 4.65. The lowest BCUT2D eigenvalue weighted by Gasteiger charge is -2.26. The van der Waals surface area contributed by atoms with Gasteiger partial charge in [-0.05, 0) is 42.2 Å². The van der Waals surface area contributed by atoms with Gasteiger partial charge in [-0.15, -0.1) is 0 Å². The van der Waals surface area contributed by atoms with Crippen LogP contribution < -0.4 is 10.6 Å². The first-order valence-corrected chi connectivity index (χ1v) is 8.59. The molecule has 2 N–H and O–H groups in total. The molecule has 3 rings (SSSR count). The van der Waals surface area contributed by atoms with Gasteiger partial charge in [-0.25, -0.2) is 4.39 Å². The summed E-state index contributed by atoms with van der Waals surface area (Å²) in [5.74, 6) is -0.624. The minimum atomic E-state index is -0.417. The minimum absolute atomic E-state index is 0.0160. The molecular formula is C20H23FN2O2. The zero-order valence-electron chi connectivity index (χ0n) is 14.3. The normalized spacial score (nSPS) is 16.3. The van der Waals surface area contributed by atoms with E-state index in [1.807, 2.05) is 19.1 Å². The largest absolute Gasteiger partial charge is 0.372 e. The van der Waals surface area contributed by atoms with Gasteiger partial charge in [-0.3, -0.25) is 4.79 Å². The molecule has 0 spiro atoms. The summed E-state index contributed by atoms with van der Waals surface area (Å²) in [6.07, 6.45) is 1.24. The second kappa shape index (κ2) is 8.23. The average molecular weight is 342 g/mol. The molecule has 132 valence electrons. The van der Waals surface area contributed by atoms with Crippen molar-refractivity contribution in [2.45, 2.75) is 25.9 Å². The fourth-order valence-corrected chi connectivity index (χ4v) is 3.03. The van der Waals surface area contributed by atoms with Gasteiger partial charge in [0, 0.05) is 19.5 Å². The van der Waals surface area contributed by atoms with Crippen LogP contribution in [0.4, 0.5) is 10.1 Å². The van der Waals surface area contributed by atoms with Crippen LogP contribution in [0.25, 0.3) is 0 Å². The van der Waals surface area contributed by atoms with Crippen LogP contribution in [-0.4, -0.2) is 25.6 Å². The zero-order valence-corrected chi connectivity index (χ0v) is 14.3. The first-order chi connectivity index (χ1) is 12.1. The topological polar surface area (TPSA) is 50.4 Å². The highest BCUT2D eigenvalue weighted by Crippen LogP contribution is 2.26. The zero-order chi connectivity index (χ0) is 17.6. The third-order valence-corrected chi connectivity index (χ3v) is 4.35. The number of nitrogens with one attached hydrogen (secondary N) is 2. The fraction of sp³-hybridized carbons (Fsp3) is 0.350. The first kappa shape index (κ1) is 17.6. The summed E-state index contributed by atoms with van der Waals surface area (Å²) in [5.41, 5.74) is 3.68. The number of aryl methyl sites for hydroxylation is 1. The fourth-order valence-electron chi connectivity index (χ4n) is 3.03. The summed E-state index contributed by atoms with van der Waals surface area (Å²) in [4.78, 5) is 12.0. The molecule has 0 saturated heterocycles. The summed E-state index contributed by atoms with van der Waals surface area (Å²) in [5, 5.41) is 5.88. The lowest BCUT2D eigenvalue weighted by Crippen LogP contribution is -2.29.